The van der Waals surface area contributed by atoms with Gasteiger partial charge in [0.25, 0.3) is 5.91 Å². The smallest absolute Gasteiger partial charge is 0.410 e. The van der Waals surface area contributed by atoms with Crippen molar-refractivity contribution < 1.29 is 41.9 Å². The van der Waals surface area contributed by atoms with E-state index in [9.17, 15) is 32.4 Å². The van der Waals surface area contributed by atoms with Gasteiger partial charge in [-0.25, -0.2) is 18.0 Å². The molecule has 1 aromatic rings. The first-order valence-corrected chi connectivity index (χ1v) is 20.4. The van der Waals surface area contributed by atoms with Crippen LogP contribution in [0.3, 0.4) is 0 Å². The maximum absolute atomic E-state index is 14.4. The third-order valence-corrected chi connectivity index (χ3v) is 13.2. The van der Waals surface area contributed by atoms with Crippen molar-refractivity contribution in [2.45, 2.75) is 132 Å². The van der Waals surface area contributed by atoms with E-state index in [1.807, 2.05) is 36.4 Å². The minimum atomic E-state index is -3.89. The Morgan fingerprint density at radius 3 is 2.42 bits per heavy atom. The number of sulfonamides is 1. The molecule has 0 spiro atoms. The molecule has 15 heteroatoms. The molecule has 52 heavy (non-hydrogen) atoms. The monoisotopic (exact) mass is 739 g/mol. The summed E-state index contributed by atoms with van der Waals surface area (Å²) in [5.74, 6) is -2.40. The second-order valence-electron chi connectivity index (χ2n) is 15.2. The average Bonchev–Trinajstić information content (AvgIpc) is 4.00. The van der Waals surface area contributed by atoms with Crippen LogP contribution in [0, 0.1) is 5.92 Å². The highest BCUT2D eigenvalue weighted by Gasteiger charge is 2.62. The zero-order valence-electron chi connectivity index (χ0n) is 29.4. The standard InChI is InChI=1S/C37H49N5O9S/c43-32-31-20-28(51-36(47)41-19-18-24-10-6-7-11-25(24)22-41)23-42(31)33(44)30(38-35(46)50-27-13-8-9-14-27)15-5-3-1-2-4-12-26-21-37(26,39-32)34(45)40-52(48,49)29-16-17-29/h4,6-7,10-12,26-31H,1-3,5,8-9,13-23H2,(H,38,46)(H,39,43)(H,40,45)/b12-4-/t26-,28+,30-,31-,37+/m0/s1. The molecule has 0 radical (unpaired) electrons. The van der Waals surface area contributed by atoms with Crippen molar-refractivity contribution in [1.82, 2.24) is 25.2 Å². The van der Waals surface area contributed by atoms with Crippen molar-refractivity contribution in [3.63, 3.8) is 0 Å². The fourth-order valence-electron chi connectivity index (χ4n) is 8.05. The van der Waals surface area contributed by atoms with Gasteiger partial charge in [0.15, 0.2) is 0 Å². The van der Waals surface area contributed by atoms with E-state index in [1.54, 1.807) is 4.90 Å². The molecular weight excluding hydrogens is 690 g/mol. The minimum Gasteiger partial charge on any atom is -0.446 e. The van der Waals surface area contributed by atoms with Gasteiger partial charge in [0.1, 0.15) is 29.8 Å². The summed E-state index contributed by atoms with van der Waals surface area (Å²) in [5.41, 5.74) is 0.683. The average molecular weight is 740 g/mol. The van der Waals surface area contributed by atoms with E-state index in [2.05, 4.69) is 15.4 Å². The second-order valence-corrected chi connectivity index (χ2v) is 17.2. The highest BCUT2D eigenvalue weighted by molar-refractivity contribution is 7.91. The molecule has 0 bridgehead atoms. The molecule has 0 aromatic heterocycles. The Kier molecular flexibility index (Phi) is 10.5. The fraction of sp³-hybridized carbons (Fsp3) is 0.649. The van der Waals surface area contributed by atoms with Gasteiger partial charge in [0.05, 0.1) is 11.8 Å². The van der Waals surface area contributed by atoms with Crippen molar-refractivity contribution in [2.75, 3.05) is 13.1 Å². The summed E-state index contributed by atoms with van der Waals surface area (Å²) in [7, 11) is -3.89. The molecule has 6 aliphatic rings. The molecule has 4 fully saturated rings. The number of benzene rings is 1. The molecule has 3 N–H and O–H groups in total. The predicted molar refractivity (Wildman–Crippen MR) is 188 cm³/mol. The third kappa shape index (κ3) is 8.08. The molecule has 3 heterocycles. The summed E-state index contributed by atoms with van der Waals surface area (Å²) in [6.45, 7) is 0.738. The first-order valence-electron chi connectivity index (χ1n) is 18.9. The largest absolute Gasteiger partial charge is 0.446 e. The second kappa shape index (κ2) is 15.1. The van der Waals surface area contributed by atoms with Gasteiger partial charge in [0.2, 0.25) is 21.8 Å². The maximum atomic E-state index is 14.4. The zero-order chi connectivity index (χ0) is 36.5. The van der Waals surface area contributed by atoms with Crippen LogP contribution in [0.25, 0.3) is 0 Å². The Balaban J connectivity index is 1.12. The summed E-state index contributed by atoms with van der Waals surface area (Å²) in [6.07, 6.45) is 9.95. The molecule has 1 aromatic carbocycles. The van der Waals surface area contributed by atoms with Crippen LogP contribution in [0.4, 0.5) is 9.59 Å². The Labute approximate surface area is 304 Å². The number of allylic oxidation sites excluding steroid dienone is 1. The Morgan fingerprint density at radius 2 is 1.65 bits per heavy atom. The normalized spacial score (nSPS) is 30.4. The van der Waals surface area contributed by atoms with Crippen molar-refractivity contribution in [1.29, 1.82) is 0 Å². The Morgan fingerprint density at radius 1 is 0.904 bits per heavy atom. The quantitative estimate of drug-likeness (QED) is 0.370. The molecule has 7 rings (SSSR count). The molecular formula is C37H49N5O9S. The van der Waals surface area contributed by atoms with Crippen molar-refractivity contribution >= 4 is 39.9 Å². The van der Waals surface area contributed by atoms with E-state index in [0.29, 0.717) is 51.6 Å². The lowest BCUT2D eigenvalue weighted by atomic mass is 10.0. The van der Waals surface area contributed by atoms with Gasteiger partial charge in [-0.3, -0.25) is 19.1 Å². The SMILES string of the molecule is O=C(N[C@H]1CCCCC/C=C\[C@H]2C[C@@]2(C(=O)NS(=O)(=O)C2CC2)NC(=O)[C@@H]2C[C@@H](OC(=O)N3CCc4ccccc4C3)CN2C1=O)OC1CCCC1. The highest BCUT2D eigenvalue weighted by Crippen LogP contribution is 2.46. The minimum absolute atomic E-state index is 0.0362. The van der Waals surface area contributed by atoms with Gasteiger partial charge >= 0.3 is 12.2 Å². The lowest BCUT2D eigenvalue weighted by Crippen LogP contribution is -2.58. The molecule has 1 saturated heterocycles. The highest BCUT2D eigenvalue weighted by atomic mass is 32.2. The Bertz CT molecular complexity index is 1710. The molecule has 0 unspecified atom stereocenters. The number of carbonyl (C=O) groups excluding carboxylic acids is 5. The van der Waals surface area contributed by atoms with E-state index >= 15 is 0 Å². The molecule has 3 aliphatic heterocycles. The van der Waals surface area contributed by atoms with E-state index in [-0.39, 0.29) is 25.5 Å². The number of fused-ring (bicyclic) bond motifs is 3. The zero-order valence-corrected chi connectivity index (χ0v) is 30.2. The van der Waals surface area contributed by atoms with Gasteiger partial charge in [-0.1, -0.05) is 49.3 Å². The van der Waals surface area contributed by atoms with E-state index in [4.69, 9.17) is 9.47 Å². The van der Waals surface area contributed by atoms with Crippen LogP contribution in [0.15, 0.2) is 36.4 Å². The van der Waals surface area contributed by atoms with E-state index in [1.165, 1.54) is 10.5 Å². The number of ether oxygens (including phenoxy) is 2. The maximum Gasteiger partial charge on any atom is 0.410 e. The molecule has 3 saturated carbocycles. The van der Waals surface area contributed by atoms with E-state index < -0.39 is 74.8 Å². The van der Waals surface area contributed by atoms with Crippen LogP contribution in [-0.2, 0) is 46.8 Å². The molecule has 14 nitrogen and oxygen atoms in total. The summed E-state index contributed by atoms with van der Waals surface area (Å²) in [4.78, 5) is 71.7. The summed E-state index contributed by atoms with van der Waals surface area (Å²) >= 11 is 0. The van der Waals surface area contributed by atoms with Crippen molar-refractivity contribution in [3.8, 4) is 0 Å². The molecule has 282 valence electrons. The number of hydrogen-bond donors (Lipinski definition) is 3. The number of nitrogens with one attached hydrogen (secondary N) is 3. The van der Waals surface area contributed by atoms with Crippen LogP contribution in [0.1, 0.15) is 94.6 Å². The van der Waals surface area contributed by atoms with Crippen LogP contribution in [0.5, 0.6) is 0 Å². The number of amides is 5. The van der Waals surface area contributed by atoms with Gasteiger partial charge in [0, 0.05) is 25.4 Å². The van der Waals surface area contributed by atoms with Gasteiger partial charge < -0.3 is 29.9 Å². The van der Waals surface area contributed by atoms with Crippen LogP contribution in [0.2, 0.25) is 0 Å². The van der Waals surface area contributed by atoms with Crippen molar-refractivity contribution in [3.05, 3.63) is 47.5 Å². The summed E-state index contributed by atoms with van der Waals surface area (Å²) in [6, 6.07) is 5.74. The van der Waals surface area contributed by atoms with Crippen LogP contribution in [-0.4, -0.2) is 96.3 Å². The summed E-state index contributed by atoms with van der Waals surface area (Å²) in [5, 5.41) is 4.98. The van der Waals surface area contributed by atoms with Crippen LogP contribution < -0.4 is 15.4 Å². The number of nitrogens with zero attached hydrogens (tertiary/aromatic N) is 2. The molecule has 5 atom stereocenters. The number of carbonyl (C=O) groups is 5. The van der Waals surface area contributed by atoms with Gasteiger partial charge in [-0.05, 0) is 81.8 Å². The lowest BCUT2D eigenvalue weighted by Gasteiger charge is -2.30. The topological polar surface area (TPSA) is 181 Å². The summed E-state index contributed by atoms with van der Waals surface area (Å²) < 4.78 is 39.3. The van der Waals surface area contributed by atoms with Crippen LogP contribution >= 0.6 is 0 Å². The van der Waals surface area contributed by atoms with Gasteiger partial charge in [-0.2, -0.15) is 0 Å². The van der Waals surface area contributed by atoms with Gasteiger partial charge in [-0.15, -0.1) is 0 Å². The predicted octanol–water partition coefficient (Wildman–Crippen LogP) is 3.19. The first-order chi connectivity index (χ1) is 25.0. The number of hydrogen-bond acceptors (Lipinski definition) is 9. The number of alkyl carbamates (subject to hydrolysis) is 1. The van der Waals surface area contributed by atoms with Crippen molar-refractivity contribution in [2.24, 2.45) is 5.92 Å². The number of rotatable bonds is 6. The fourth-order valence-corrected chi connectivity index (χ4v) is 9.41. The molecule has 3 aliphatic carbocycles. The van der Waals surface area contributed by atoms with E-state index in [0.717, 1.165) is 44.1 Å². The third-order valence-electron chi connectivity index (χ3n) is 11.4. The lowest BCUT2D eigenvalue weighted by molar-refractivity contribution is -0.141. The Hall–Kier alpha value is -4.14. The first kappa shape index (κ1) is 36.2. The molecule has 5 amide bonds.